The summed E-state index contributed by atoms with van der Waals surface area (Å²) in [5.41, 5.74) is 0.0196. The lowest BCUT2D eigenvalue weighted by Gasteiger charge is -2.56. The standard InChI is InChI=1S/C21H30N2O3S2/c24-19(22-21-12-15-8-16(13-21)10-17(9-15)14-21)11-18-4-5-20(27-18)28(25,26)23-6-2-1-3-7-23/h4-5,15-17H,1-3,6-14H2,(H,22,24). The molecule has 0 aromatic carbocycles. The maximum absolute atomic E-state index is 12.8. The molecule has 1 aromatic heterocycles. The summed E-state index contributed by atoms with van der Waals surface area (Å²) in [5.74, 6) is 2.46. The molecule has 1 aromatic rings. The largest absolute Gasteiger partial charge is 0.350 e. The molecule has 4 aliphatic carbocycles. The van der Waals surface area contributed by atoms with Crippen LogP contribution >= 0.6 is 11.3 Å². The molecule has 1 saturated heterocycles. The molecule has 0 radical (unpaired) electrons. The average molecular weight is 423 g/mol. The van der Waals surface area contributed by atoms with Gasteiger partial charge in [-0.2, -0.15) is 4.31 Å². The van der Waals surface area contributed by atoms with E-state index in [1.54, 1.807) is 10.4 Å². The summed E-state index contributed by atoms with van der Waals surface area (Å²) in [6.45, 7) is 1.23. The summed E-state index contributed by atoms with van der Waals surface area (Å²) in [7, 11) is -3.40. The van der Waals surface area contributed by atoms with E-state index < -0.39 is 10.0 Å². The van der Waals surface area contributed by atoms with E-state index in [-0.39, 0.29) is 11.4 Å². The van der Waals surface area contributed by atoms with Crippen LogP contribution in [0.25, 0.3) is 0 Å². The smallest absolute Gasteiger partial charge is 0.252 e. The zero-order valence-corrected chi connectivity index (χ0v) is 18.0. The summed E-state index contributed by atoms with van der Waals surface area (Å²) < 4.78 is 27.6. The van der Waals surface area contributed by atoms with Crippen LogP contribution in [-0.4, -0.2) is 37.3 Å². The molecule has 28 heavy (non-hydrogen) atoms. The van der Waals surface area contributed by atoms with Crippen molar-refractivity contribution in [2.45, 2.75) is 74.0 Å². The number of piperidine rings is 1. The maximum atomic E-state index is 12.8. The Bertz CT molecular complexity index is 819. The molecule has 5 nitrogen and oxygen atoms in total. The first-order chi connectivity index (χ1) is 13.4. The van der Waals surface area contributed by atoms with Crippen molar-refractivity contribution in [3.63, 3.8) is 0 Å². The molecule has 5 fully saturated rings. The zero-order valence-electron chi connectivity index (χ0n) is 16.4. The lowest BCUT2D eigenvalue weighted by molar-refractivity contribution is -0.126. The fraction of sp³-hybridized carbons (Fsp3) is 0.762. The molecule has 1 N–H and O–H groups in total. The van der Waals surface area contributed by atoms with Gasteiger partial charge in [0.05, 0.1) is 6.42 Å². The van der Waals surface area contributed by atoms with E-state index in [0.29, 0.717) is 23.7 Å². The molecule has 6 rings (SSSR count). The summed E-state index contributed by atoms with van der Waals surface area (Å²) in [4.78, 5) is 13.6. The van der Waals surface area contributed by atoms with Gasteiger partial charge in [-0.3, -0.25) is 4.79 Å². The van der Waals surface area contributed by atoms with Gasteiger partial charge < -0.3 is 5.32 Å². The fourth-order valence-electron chi connectivity index (χ4n) is 6.59. The van der Waals surface area contributed by atoms with Gasteiger partial charge in [-0.1, -0.05) is 6.42 Å². The van der Waals surface area contributed by atoms with Gasteiger partial charge in [0.2, 0.25) is 5.91 Å². The average Bonchev–Trinajstić information content (AvgIpc) is 3.10. The third-order valence-corrected chi connectivity index (χ3v) is 10.8. The van der Waals surface area contributed by atoms with Gasteiger partial charge in [-0.25, -0.2) is 8.42 Å². The highest BCUT2D eigenvalue weighted by molar-refractivity contribution is 7.91. The Labute approximate surface area is 171 Å². The third-order valence-electron chi connectivity index (χ3n) is 7.32. The van der Waals surface area contributed by atoms with Crippen molar-refractivity contribution in [1.82, 2.24) is 9.62 Å². The van der Waals surface area contributed by atoms with Crippen LogP contribution in [0.15, 0.2) is 16.3 Å². The number of hydrogen-bond donors (Lipinski definition) is 1. The van der Waals surface area contributed by atoms with Crippen LogP contribution in [0.1, 0.15) is 62.7 Å². The second-order valence-electron chi connectivity index (χ2n) is 9.61. The normalized spacial score (nSPS) is 35.2. The first kappa shape index (κ1) is 19.1. The Morgan fingerprint density at radius 1 is 1.04 bits per heavy atom. The minimum Gasteiger partial charge on any atom is -0.350 e. The number of rotatable bonds is 5. The highest BCUT2D eigenvalue weighted by Crippen LogP contribution is 2.55. The molecule has 5 aliphatic rings. The van der Waals surface area contributed by atoms with Crippen molar-refractivity contribution in [3.8, 4) is 0 Å². The molecule has 2 heterocycles. The van der Waals surface area contributed by atoms with Crippen molar-refractivity contribution in [2.75, 3.05) is 13.1 Å². The van der Waals surface area contributed by atoms with Crippen molar-refractivity contribution in [3.05, 3.63) is 17.0 Å². The zero-order chi connectivity index (χ0) is 19.4. The number of hydrogen-bond acceptors (Lipinski definition) is 4. The van der Waals surface area contributed by atoms with Crippen molar-refractivity contribution in [1.29, 1.82) is 0 Å². The first-order valence-corrected chi connectivity index (χ1v) is 13.1. The van der Waals surface area contributed by atoms with Crippen LogP contribution in [0.5, 0.6) is 0 Å². The monoisotopic (exact) mass is 422 g/mol. The summed E-state index contributed by atoms with van der Waals surface area (Å²) in [6, 6.07) is 3.50. The van der Waals surface area contributed by atoms with Crippen LogP contribution in [0.2, 0.25) is 0 Å². The molecule has 4 saturated carbocycles. The Kier molecular flexibility index (Phi) is 4.83. The van der Waals surface area contributed by atoms with Crippen LogP contribution in [0.4, 0.5) is 0 Å². The van der Waals surface area contributed by atoms with E-state index >= 15 is 0 Å². The van der Waals surface area contributed by atoms with Crippen molar-refractivity contribution >= 4 is 27.3 Å². The predicted molar refractivity (Wildman–Crippen MR) is 110 cm³/mol. The molecule has 1 amide bonds. The molecule has 7 heteroatoms. The maximum Gasteiger partial charge on any atom is 0.252 e. The van der Waals surface area contributed by atoms with Gasteiger partial charge in [0.1, 0.15) is 4.21 Å². The number of nitrogens with zero attached hydrogens (tertiary/aromatic N) is 1. The highest BCUT2D eigenvalue weighted by Gasteiger charge is 2.51. The number of sulfonamides is 1. The minimum absolute atomic E-state index is 0.0196. The summed E-state index contributed by atoms with van der Waals surface area (Å²) >= 11 is 1.26. The van der Waals surface area contributed by atoms with Gasteiger partial charge >= 0.3 is 0 Å². The van der Waals surface area contributed by atoms with E-state index in [1.165, 1.54) is 30.6 Å². The van der Waals surface area contributed by atoms with Gasteiger partial charge in [0, 0.05) is 23.5 Å². The lowest BCUT2D eigenvalue weighted by Crippen LogP contribution is -2.60. The number of carbonyl (C=O) groups excluding carboxylic acids is 1. The molecule has 0 atom stereocenters. The first-order valence-electron chi connectivity index (χ1n) is 10.8. The molecule has 4 bridgehead atoms. The van der Waals surface area contributed by atoms with E-state index in [1.807, 2.05) is 6.07 Å². The Morgan fingerprint density at radius 3 is 2.25 bits per heavy atom. The molecule has 1 aliphatic heterocycles. The minimum atomic E-state index is -3.40. The molecular weight excluding hydrogens is 392 g/mol. The van der Waals surface area contributed by atoms with Gasteiger partial charge in [0.25, 0.3) is 10.0 Å². The topological polar surface area (TPSA) is 66.5 Å². The van der Waals surface area contributed by atoms with E-state index in [0.717, 1.165) is 61.2 Å². The number of carbonyl (C=O) groups is 1. The van der Waals surface area contributed by atoms with Gasteiger partial charge in [-0.05, 0) is 81.3 Å². The quantitative estimate of drug-likeness (QED) is 0.789. The molecule has 0 unspecified atom stereocenters. The third kappa shape index (κ3) is 3.54. The van der Waals surface area contributed by atoms with Crippen LogP contribution < -0.4 is 5.32 Å². The van der Waals surface area contributed by atoms with Crippen LogP contribution in [0, 0.1) is 17.8 Å². The molecule has 154 valence electrons. The van der Waals surface area contributed by atoms with Gasteiger partial charge in [0.15, 0.2) is 0 Å². The van der Waals surface area contributed by atoms with Crippen LogP contribution in [0.3, 0.4) is 0 Å². The Balaban J connectivity index is 1.24. The summed E-state index contributed by atoms with van der Waals surface area (Å²) in [5, 5.41) is 3.39. The Hall–Kier alpha value is -0.920. The lowest BCUT2D eigenvalue weighted by atomic mass is 9.53. The van der Waals surface area contributed by atoms with Gasteiger partial charge in [-0.15, -0.1) is 11.3 Å². The second-order valence-corrected chi connectivity index (χ2v) is 12.9. The second kappa shape index (κ2) is 7.10. The fourth-order valence-corrected chi connectivity index (χ4v) is 9.61. The SMILES string of the molecule is O=C(Cc1ccc(S(=O)(=O)N2CCCCC2)s1)NC12CC3CC(CC(C3)C1)C2. The number of amides is 1. The number of nitrogens with one attached hydrogen (secondary N) is 1. The number of thiophene rings is 1. The predicted octanol–water partition coefficient (Wildman–Crippen LogP) is 3.55. The van der Waals surface area contributed by atoms with E-state index in [4.69, 9.17) is 0 Å². The van der Waals surface area contributed by atoms with E-state index in [9.17, 15) is 13.2 Å². The van der Waals surface area contributed by atoms with Crippen molar-refractivity contribution in [2.24, 2.45) is 17.8 Å². The van der Waals surface area contributed by atoms with Crippen LogP contribution in [-0.2, 0) is 21.2 Å². The highest BCUT2D eigenvalue weighted by atomic mass is 32.2. The Morgan fingerprint density at radius 2 is 1.64 bits per heavy atom. The molecule has 0 spiro atoms. The van der Waals surface area contributed by atoms with Crippen molar-refractivity contribution < 1.29 is 13.2 Å². The van der Waals surface area contributed by atoms with E-state index in [2.05, 4.69) is 5.32 Å². The molecular formula is C21H30N2O3S2. The summed E-state index contributed by atoms with van der Waals surface area (Å²) in [6.07, 6.45) is 10.8.